The van der Waals surface area contributed by atoms with Crippen molar-refractivity contribution in [3.05, 3.63) is 57.6 Å². The van der Waals surface area contributed by atoms with Crippen LogP contribution in [0.4, 0.5) is 11.4 Å². The number of hydrogen-bond donors (Lipinski definition) is 2. The molecular formula is C13H10ClN3O2S2. The molecule has 0 aliphatic carbocycles. The van der Waals surface area contributed by atoms with Crippen LogP contribution in [0.25, 0.3) is 0 Å². The van der Waals surface area contributed by atoms with Crippen molar-refractivity contribution < 1.29 is 4.92 Å². The van der Waals surface area contributed by atoms with Gasteiger partial charge in [-0.25, -0.2) is 0 Å². The van der Waals surface area contributed by atoms with Crippen molar-refractivity contribution in [2.75, 3.05) is 5.32 Å². The predicted octanol–water partition coefficient (Wildman–Crippen LogP) is 4.05. The molecule has 0 unspecified atom stereocenters. The summed E-state index contributed by atoms with van der Waals surface area (Å²) < 4.78 is 0. The number of nitro benzene ring substituents is 1. The molecule has 0 saturated heterocycles. The molecule has 21 heavy (non-hydrogen) atoms. The summed E-state index contributed by atoms with van der Waals surface area (Å²) in [5.41, 5.74) is 5.84. The summed E-state index contributed by atoms with van der Waals surface area (Å²) in [7, 11) is 0. The minimum atomic E-state index is -0.462. The number of benzene rings is 2. The van der Waals surface area contributed by atoms with Crippen LogP contribution in [0.3, 0.4) is 0 Å². The number of rotatable bonds is 4. The van der Waals surface area contributed by atoms with E-state index in [2.05, 4.69) is 5.32 Å². The number of nitrogens with one attached hydrogen (secondary N) is 1. The first-order valence-corrected chi connectivity index (χ1v) is 7.33. The van der Waals surface area contributed by atoms with Crippen LogP contribution in [0.15, 0.2) is 52.3 Å². The summed E-state index contributed by atoms with van der Waals surface area (Å²) in [6.45, 7) is 0. The molecule has 0 spiro atoms. The van der Waals surface area contributed by atoms with Crippen molar-refractivity contribution in [1.82, 2.24) is 0 Å². The second-order valence-corrected chi connectivity index (χ2v) is 6.04. The number of halogens is 1. The van der Waals surface area contributed by atoms with Gasteiger partial charge < -0.3 is 11.1 Å². The van der Waals surface area contributed by atoms with Crippen molar-refractivity contribution in [2.24, 2.45) is 5.73 Å². The molecule has 0 aliphatic heterocycles. The summed E-state index contributed by atoms with van der Waals surface area (Å²) in [6, 6.07) is 11.8. The lowest BCUT2D eigenvalue weighted by molar-refractivity contribution is -0.385. The number of nitro groups is 1. The zero-order valence-electron chi connectivity index (χ0n) is 10.6. The van der Waals surface area contributed by atoms with Gasteiger partial charge in [-0.2, -0.15) is 0 Å². The molecule has 0 aliphatic rings. The Morgan fingerprint density at radius 1 is 1.24 bits per heavy atom. The summed E-state index contributed by atoms with van der Waals surface area (Å²) in [5.74, 6) is 0. The molecule has 0 saturated carbocycles. The van der Waals surface area contributed by atoms with Crippen molar-refractivity contribution in [3.8, 4) is 0 Å². The van der Waals surface area contributed by atoms with E-state index in [0.717, 1.165) is 4.90 Å². The second kappa shape index (κ2) is 6.75. The van der Waals surface area contributed by atoms with E-state index in [9.17, 15) is 10.1 Å². The molecular weight excluding hydrogens is 330 g/mol. The first kappa shape index (κ1) is 15.6. The van der Waals surface area contributed by atoms with Gasteiger partial charge in [-0.05, 0) is 42.5 Å². The molecule has 5 nitrogen and oxygen atoms in total. The van der Waals surface area contributed by atoms with Crippen LogP contribution >= 0.6 is 35.6 Å². The largest absolute Gasteiger partial charge is 0.376 e. The fourth-order valence-electron chi connectivity index (χ4n) is 1.60. The maximum atomic E-state index is 11.0. The fourth-order valence-corrected chi connectivity index (χ4v) is 2.75. The van der Waals surface area contributed by atoms with Gasteiger partial charge in [0, 0.05) is 32.6 Å². The number of thiocarbonyl (C=S) groups is 1. The summed E-state index contributed by atoms with van der Waals surface area (Å²) >= 11 is 12.0. The van der Waals surface area contributed by atoms with Gasteiger partial charge in [0.1, 0.15) is 0 Å². The van der Waals surface area contributed by atoms with Crippen LogP contribution in [0.1, 0.15) is 0 Å². The Morgan fingerprint density at radius 3 is 2.48 bits per heavy atom. The summed E-state index contributed by atoms with van der Waals surface area (Å²) in [5, 5.41) is 14.4. The maximum absolute atomic E-state index is 11.0. The van der Waals surface area contributed by atoms with E-state index < -0.39 is 4.92 Å². The lowest BCUT2D eigenvalue weighted by Gasteiger charge is -2.07. The molecule has 108 valence electrons. The first-order valence-electron chi connectivity index (χ1n) is 5.73. The van der Waals surface area contributed by atoms with Crippen LogP contribution in [-0.2, 0) is 0 Å². The standard InChI is InChI=1S/C13H10ClN3O2S2/c14-8-1-3-11(4-2-8)21-12-6-9(16-13(15)20)5-10(7-12)17(18)19/h1-7H,(H3,15,16,20). The lowest BCUT2D eigenvalue weighted by Crippen LogP contribution is -2.18. The average molecular weight is 340 g/mol. The quantitative estimate of drug-likeness (QED) is 0.496. The first-order chi connectivity index (χ1) is 9.94. The third-order valence-corrected chi connectivity index (χ3v) is 3.75. The SMILES string of the molecule is NC(=S)Nc1cc(Sc2ccc(Cl)cc2)cc([N+](=O)[O-])c1. The van der Waals surface area contributed by atoms with Crippen molar-refractivity contribution >= 4 is 52.1 Å². The number of anilines is 1. The molecule has 0 fully saturated rings. The van der Waals surface area contributed by atoms with E-state index in [0.29, 0.717) is 15.6 Å². The Bertz CT molecular complexity index is 692. The van der Waals surface area contributed by atoms with Crippen LogP contribution < -0.4 is 11.1 Å². The van der Waals surface area contributed by atoms with E-state index in [1.54, 1.807) is 18.2 Å². The minimum Gasteiger partial charge on any atom is -0.376 e. The topological polar surface area (TPSA) is 81.2 Å². The molecule has 2 aromatic carbocycles. The van der Waals surface area contributed by atoms with Gasteiger partial charge in [-0.1, -0.05) is 23.4 Å². The minimum absolute atomic E-state index is 0.0345. The van der Waals surface area contributed by atoms with E-state index in [1.165, 1.54) is 23.9 Å². The fraction of sp³-hybridized carbons (Fsp3) is 0. The third-order valence-electron chi connectivity index (χ3n) is 2.42. The van der Waals surface area contributed by atoms with Crippen molar-refractivity contribution in [2.45, 2.75) is 9.79 Å². The highest BCUT2D eigenvalue weighted by Gasteiger charge is 2.11. The highest BCUT2D eigenvalue weighted by atomic mass is 35.5. The molecule has 0 heterocycles. The van der Waals surface area contributed by atoms with Crippen LogP contribution in [0, 0.1) is 10.1 Å². The molecule has 0 radical (unpaired) electrons. The smallest absolute Gasteiger partial charge is 0.272 e. The molecule has 0 bridgehead atoms. The molecule has 0 atom stereocenters. The van der Waals surface area contributed by atoms with E-state index in [-0.39, 0.29) is 10.8 Å². The van der Waals surface area contributed by atoms with Crippen LogP contribution in [0.5, 0.6) is 0 Å². The number of non-ortho nitro benzene ring substituents is 1. The van der Waals surface area contributed by atoms with E-state index >= 15 is 0 Å². The average Bonchev–Trinajstić information content (AvgIpc) is 2.40. The van der Waals surface area contributed by atoms with Crippen molar-refractivity contribution in [3.63, 3.8) is 0 Å². The number of hydrogen-bond acceptors (Lipinski definition) is 4. The normalized spacial score (nSPS) is 10.1. The molecule has 0 aromatic heterocycles. The van der Waals surface area contributed by atoms with Crippen LogP contribution in [-0.4, -0.2) is 10.0 Å². The lowest BCUT2D eigenvalue weighted by atomic mass is 10.3. The summed E-state index contributed by atoms with van der Waals surface area (Å²) in [4.78, 5) is 12.1. The van der Waals surface area contributed by atoms with Gasteiger partial charge in [0.2, 0.25) is 0 Å². The molecule has 0 amide bonds. The van der Waals surface area contributed by atoms with Crippen LogP contribution in [0.2, 0.25) is 5.02 Å². The molecule has 8 heteroatoms. The zero-order chi connectivity index (χ0) is 15.4. The zero-order valence-corrected chi connectivity index (χ0v) is 13.0. The molecule has 3 N–H and O–H groups in total. The Labute approximate surface area is 135 Å². The second-order valence-electron chi connectivity index (χ2n) is 4.02. The Hall–Kier alpha value is -1.83. The van der Waals surface area contributed by atoms with Gasteiger partial charge >= 0.3 is 0 Å². The monoisotopic (exact) mass is 339 g/mol. The van der Waals surface area contributed by atoms with E-state index in [4.69, 9.17) is 29.6 Å². The van der Waals surface area contributed by atoms with Gasteiger partial charge in [0.15, 0.2) is 5.11 Å². The number of nitrogens with zero attached hydrogens (tertiary/aromatic N) is 1. The summed E-state index contributed by atoms with van der Waals surface area (Å²) in [6.07, 6.45) is 0. The Morgan fingerprint density at radius 2 is 1.90 bits per heavy atom. The van der Waals surface area contributed by atoms with Gasteiger partial charge in [0.25, 0.3) is 5.69 Å². The Balaban J connectivity index is 2.32. The third kappa shape index (κ3) is 4.59. The number of nitrogens with two attached hydrogens (primary N) is 1. The van der Waals surface area contributed by atoms with Crippen molar-refractivity contribution in [1.29, 1.82) is 0 Å². The molecule has 2 aromatic rings. The van der Waals surface area contributed by atoms with E-state index in [1.807, 2.05) is 12.1 Å². The highest BCUT2D eigenvalue weighted by molar-refractivity contribution is 7.99. The highest BCUT2D eigenvalue weighted by Crippen LogP contribution is 2.33. The Kier molecular flexibility index (Phi) is 5.00. The van der Waals surface area contributed by atoms with Gasteiger partial charge in [-0.15, -0.1) is 0 Å². The maximum Gasteiger partial charge on any atom is 0.272 e. The van der Waals surface area contributed by atoms with Gasteiger partial charge in [-0.3, -0.25) is 10.1 Å². The van der Waals surface area contributed by atoms with Gasteiger partial charge in [0.05, 0.1) is 4.92 Å². The molecule has 2 rings (SSSR count). The predicted molar refractivity (Wildman–Crippen MR) is 89.1 cm³/mol.